The molecule has 0 saturated carbocycles. The third-order valence-corrected chi connectivity index (χ3v) is 2.94. The molecule has 1 amide bonds. The number of amides is 1. The van der Waals surface area contributed by atoms with E-state index in [-0.39, 0.29) is 11.3 Å². The van der Waals surface area contributed by atoms with Gasteiger partial charge >= 0.3 is 0 Å². The van der Waals surface area contributed by atoms with Crippen molar-refractivity contribution >= 4 is 28.9 Å². The fourth-order valence-corrected chi connectivity index (χ4v) is 1.98. The Labute approximate surface area is 93.8 Å². The Balaban J connectivity index is 2.30. The molecule has 1 aliphatic rings. The second kappa shape index (κ2) is 3.74. The fourth-order valence-electron chi connectivity index (χ4n) is 1.71. The summed E-state index contributed by atoms with van der Waals surface area (Å²) in [7, 11) is 0. The van der Waals surface area contributed by atoms with Crippen LogP contribution in [0, 0.1) is 6.92 Å². The van der Waals surface area contributed by atoms with Crippen molar-refractivity contribution in [2.24, 2.45) is 0 Å². The van der Waals surface area contributed by atoms with E-state index in [0.29, 0.717) is 18.7 Å². The van der Waals surface area contributed by atoms with Crippen molar-refractivity contribution < 1.29 is 4.79 Å². The van der Waals surface area contributed by atoms with Crippen molar-refractivity contribution in [1.82, 2.24) is 0 Å². The average molecular weight is 225 g/mol. The highest BCUT2D eigenvalue weighted by Gasteiger charge is 2.29. The molecule has 80 valence electrons. The normalized spacial score (nSPS) is 21.1. The summed E-state index contributed by atoms with van der Waals surface area (Å²) in [5.74, 6) is 0.0678. The van der Waals surface area contributed by atoms with Gasteiger partial charge in [-0.25, -0.2) is 0 Å². The molecular weight excluding hydrogens is 212 g/mol. The second-order valence-corrected chi connectivity index (χ2v) is 4.46. The Kier molecular flexibility index (Phi) is 2.57. The Morgan fingerprint density at radius 3 is 2.80 bits per heavy atom. The van der Waals surface area contributed by atoms with Crippen LogP contribution in [0.1, 0.15) is 12.0 Å². The zero-order valence-electron chi connectivity index (χ0n) is 8.53. The molecule has 1 aliphatic heterocycles. The first-order valence-corrected chi connectivity index (χ1v) is 5.32. The van der Waals surface area contributed by atoms with Gasteiger partial charge in [-0.2, -0.15) is 0 Å². The number of anilines is 2. The topological polar surface area (TPSA) is 46.3 Å². The van der Waals surface area contributed by atoms with Crippen LogP contribution < -0.4 is 10.6 Å². The van der Waals surface area contributed by atoms with Gasteiger partial charge in [0, 0.05) is 24.3 Å². The Hall–Kier alpha value is -1.22. The smallest absolute Gasteiger partial charge is 0.228 e. The lowest BCUT2D eigenvalue weighted by Gasteiger charge is -2.16. The molecule has 3 nitrogen and oxygen atoms in total. The van der Waals surface area contributed by atoms with E-state index < -0.39 is 0 Å². The van der Waals surface area contributed by atoms with Gasteiger partial charge in [-0.15, -0.1) is 11.6 Å². The summed E-state index contributed by atoms with van der Waals surface area (Å²) in [6.07, 6.45) is 0.412. The van der Waals surface area contributed by atoms with Gasteiger partial charge in [0.05, 0.1) is 5.38 Å². The predicted molar refractivity (Wildman–Crippen MR) is 62.2 cm³/mol. The number of carbonyl (C=O) groups excluding carboxylic acids is 1. The van der Waals surface area contributed by atoms with Crippen LogP contribution in [0.2, 0.25) is 0 Å². The van der Waals surface area contributed by atoms with Gasteiger partial charge in [-0.05, 0) is 24.6 Å². The summed E-state index contributed by atoms with van der Waals surface area (Å²) < 4.78 is 0. The number of alkyl halides is 1. The summed E-state index contributed by atoms with van der Waals surface area (Å²) in [5.41, 5.74) is 8.36. The van der Waals surface area contributed by atoms with E-state index in [1.165, 1.54) is 0 Å². The number of carbonyl (C=O) groups is 1. The molecule has 0 spiro atoms. The standard InChI is InChI=1S/C11H13ClN2O/c1-7-2-3-9(5-10(7)13)14-6-8(12)4-11(14)15/h2-3,5,8H,4,6,13H2,1H3. The minimum Gasteiger partial charge on any atom is -0.398 e. The molecule has 0 bridgehead atoms. The summed E-state index contributed by atoms with van der Waals surface area (Å²) in [6.45, 7) is 2.51. The van der Waals surface area contributed by atoms with Crippen molar-refractivity contribution in [3.05, 3.63) is 23.8 Å². The van der Waals surface area contributed by atoms with Gasteiger partial charge in [0.2, 0.25) is 5.91 Å². The predicted octanol–water partition coefficient (Wildman–Crippen LogP) is 1.92. The molecule has 0 aromatic heterocycles. The molecule has 2 N–H and O–H groups in total. The van der Waals surface area contributed by atoms with E-state index in [1.807, 2.05) is 25.1 Å². The van der Waals surface area contributed by atoms with Gasteiger partial charge < -0.3 is 10.6 Å². The second-order valence-electron chi connectivity index (χ2n) is 3.85. The van der Waals surface area contributed by atoms with Gasteiger partial charge in [-0.1, -0.05) is 6.07 Å². The van der Waals surface area contributed by atoms with Gasteiger partial charge in [0.15, 0.2) is 0 Å². The summed E-state index contributed by atoms with van der Waals surface area (Å²) >= 11 is 5.93. The third kappa shape index (κ3) is 1.92. The summed E-state index contributed by atoms with van der Waals surface area (Å²) in [4.78, 5) is 13.3. The lowest BCUT2D eigenvalue weighted by atomic mass is 10.2. The first-order chi connectivity index (χ1) is 7.08. The van der Waals surface area contributed by atoms with E-state index >= 15 is 0 Å². The molecule has 0 aliphatic carbocycles. The number of halogens is 1. The minimum atomic E-state index is -0.0833. The average Bonchev–Trinajstić information content (AvgIpc) is 2.50. The minimum absolute atomic E-state index is 0.0678. The van der Waals surface area contributed by atoms with Crippen LogP contribution in [0.15, 0.2) is 18.2 Å². The van der Waals surface area contributed by atoms with Crippen LogP contribution in [-0.2, 0) is 4.79 Å². The van der Waals surface area contributed by atoms with Gasteiger partial charge in [-0.3, -0.25) is 4.79 Å². The van der Waals surface area contributed by atoms with Crippen molar-refractivity contribution in [2.45, 2.75) is 18.7 Å². The number of aryl methyl sites for hydroxylation is 1. The van der Waals surface area contributed by atoms with E-state index in [1.54, 1.807) is 4.90 Å². The highest BCUT2D eigenvalue weighted by atomic mass is 35.5. The Bertz CT molecular complexity index is 406. The van der Waals surface area contributed by atoms with Crippen LogP contribution in [0.25, 0.3) is 0 Å². The fraction of sp³-hybridized carbons (Fsp3) is 0.364. The van der Waals surface area contributed by atoms with Crippen molar-refractivity contribution in [3.63, 3.8) is 0 Å². The van der Waals surface area contributed by atoms with E-state index in [0.717, 1.165) is 11.3 Å². The molecule has 1 fully saturated rings. The van der Waals surface area contributed by atoms with Crippen LogP contribution in [-0.4, -0.2) is 17.8 Å². The van der Waals surface area contributed by atoms with Crippen molar-refractivity contribution in [3.8, 4) is 0 Å². The summed E-state index contributed by atoms with van der Waals surface area (Å²) in [6, 6.07) is 5.64. The molecule has 1 unspecified atom stereocenters. The number of nitrogen functional groups attached to an aromatic ring is 1. The molecule has 2 rings (SSSR count). The number of rotatable bonds is 1. The van der Waals surface area contributed by atoms with Gasteiger partial charge in [0.1, 0.15) is 0 Å². The van der Waals surface area contributed by atoms with E-state index in [9.17, 15) is 4.79 Å². The highest BCUT2D eigenvalue weighted by molar-refractivity contribution is 6.24. The molecule has 1 saturated heterocycles. The van der Waals surface area contributed by atoms with Crippen LogP contribution in [0.3, 0.4) is 0 Å². The molecule has 1 aromatic carbocycles. The maximum absolute atomic E-state index is 11.6. The Morgan fingerprint density at radius 1 is 1.53 bits per heavy atom. The molecule has 1 atom stereocenters. The summed E-state index contributed by atoms with van der Waals surface area (Å²) in [5, 5.41) is -0.0833. The molecule has 1 heterocycles. The third-order valence-electron chi connectivity index (χ3n) is 2.65. The molecule has 15 heavy (non-hydrogen) atoms. The largest absolute Gasteiger partial charge is 0.398 e. The number of hydrogen-bond acceptors (Lipinski definition) is 2. The maximum Gasteiger partial charge on any atom is 0.228 e. The molecular formula is C11H13ClN2O. The first-order valence-electron chi connectivity index (χ1n) is 4.88. The SMILES string of the molecule is Cc1ccc(N2CC(Cl)CC2=O)cc1N. The molecule has 1 aromatic rings. The molecule has 4 heteroatoms. The lowest BCUT2D eigenvalue weighted by Crippen LogP contribution is -2.24. The molecule has 0 radical (unpaired) electrons. The van der Waals surface area contributed by atoms with E-state index in [2.05, 4.69) is 0 Å². The van der Waals surface area contributed by atoms with Crippen LogP contribution >= 0.6 is 11.6 Å². The quantitative estimate of drug-likeness (QED) is 0.585. The monoisotopic (exact) mass is 224 g/mol. The zero-order valence-corrected chi connectivity index (χ0v) is 9.29. The van der Waals surface area contributed by atoms with E-state index in [4.69, 9.17) is 17.3 Å². The number of nitrogens with two attached hydrogens (primary N) is 1. The number of nitrogens with zero attached hydrogens (tertiary/aromatic N) is 1. The Morgan fingerprint density at radius 2 is 2.27 bits per heavy atom. The first kappa shape index (κ1) is 10.3. The van der Waals surface area contributed by atoms with Crippen molar-refractivity contribution in [1.29, 1.82) is 0 Å². The van der Waals surface area contributed by atoms with Crippen LogP contribution in [0.5, 0.6) is 0 Å². The number of hydrogen-bond donors (Lipinski definition) is 1. The van der Waals surface area contributed by atoms with Crippen molar-refractivity contribution in [2.75, 3.05) is 17.2 Å². The van der Waals surface area contributed by atoms with Crippen LogP contribution in [0.4, 0.5) is 11.4 Å². The number of benzene rings is 1. The lowest BCUT2D eigenvalue weighted by molar-refractivity contribution is -0.117. The highest BCUT2D eigenvalue weighted by Crippen LogP contribution is 2.26. The van der Waals surface area contributed by atoms with Gasteiger partial charge in [0.25, 0.3) is 0 Å². The zero-order chi connectivity index (χ0) is 11.0. The maximum atomic E-state index is 11.6.